The van der Waals surface area contributed by atoms with Gasteiger partial charge in [-0.2, -0.15) is 13.5 Å². The Balaban J connectivity index is 1.69. The monoisotopic (exact) mass is 463 g/mol. The van der Waals surface area contributed by atoms with Gasteiger partial charge in [0.1, 0.15) is 11.7 Å². The van der Waals surface area contributed by atoms with E-state index in [0.29, 0.717) is 0 Å². The van der Waals surface area contributed by atoms with Crippen LogP contribution in [-0.2, 0) is 23.8 Å². The number of nitrogens with one attached hydrogen (secondary N) is 2. The summed E-state index contributed by atoms with van der Waals surface area (Å²) in [5, 5.41) is 16.4. The summed E-state index contributed by atoms with van der Waals surface area (Å²) in [5.41, 5.74) is 0.294. The fourth-order valence-electron chi connectivity index (χ4n) is 2.96. The lowest BCUT2D eigenvalue weighted by atomic mass is 10.1. The highest BCUT2D eigenvalue weighted by molar-refractivity contribution is 6.29. The third-order valence-corrected chi connectivity index (χ3v) is 4.86. The SMILES string of the molecule is Cc1cccc(CNC(=O)Cn2c(Cl)cnc(NCC(F)(F)c3cccc[n+]3[O-])c2=O)c1. The van der Waals surface area contributed by atoms with Crippen molar-refractivity contribution in [3.8, 4) is 0 Å². The van der Waals surface area contributed by atoms with Crippen LogP contribution >= 0.6 is 11.6 Å². The summed E-state index contributed by atoms with van der Waals surface area (Å²) in [7, 11) is 0. The van der Waals surface area contributed by atoms with E-state index in [0.717, 1.165) is 34.2 Å². The van der Waals surface area contributed by atoms with Crippen molar-refractivity contribution in [3.05, 3.63) is 92.4 Å². The van der Waals surface area contributed by atoms with Gasteiger partial charge in [0.25, 0.3) is 11.3 Å². The van der Waals surface area contributed by atoms with E-state index in [2.05, 4.69) is 15.6 Å². The summed E-state index contributed by atoms with van der Waals surface area (Å²) >= 11 is 5.99. The van der Waals surface area contributed by atoms with Gasteiger partial charge in [-0.3, -0.25) is 14.2 Å². The van der Waals surface area contributed by atoms with E-state index in [1.165, 1.54) is 12.1 Å². The average Bonchev–Trinajstić information content (AvgIpc) is 2.75. The third-order valence-electron chi connectivity index (χ3n) is 4.56. The zero-order chi connectivity index (χ0) is 23.3. The maximum atomic E-state index is 14.4. The topological polar surface area (TPSA) is 103 Å². The molecule has 1 amide bonds. The van der Waals surface area contributed by atoms with Crippen molar-refractivity contribution >= 4 is 23.3 Å². The van der Waals surface area contributed by atoms with Crippen LogP contribution in [-0.4, -0.2) is 22.0 Å². The van der Waals surface area contributed by atoms with Crippen molar-refractivity contribution in [2.45, 2.75) is 25.9 Å². The smallest absolute Gasteiger partial charge is 0.347 e. The Bertz CT molecular complexity index is 1190. The van der Waals surface area contributed by atoms with E-state index in [9.17, 15) is 23.6 Å². The normalized spacial score (nSPS) is 11.2. The number of aryl methyl sites for hydroxylation is 1. The molecule has 2 aromatic heterocycles. The molecule has 0 unspecified atom stereocenters. The first-order valence-corrected chi connectivity index (χ1v) is 9.93. The predicted molar refractivity (Wildman–Crippen MR) is 114 cm³/mol. The number of amides is 1. The van der Waals surface area contributed by atoms with Crippen LogP contribution in [0.25, 0.3) is 0 Å². The van der Waals surface area contributed by atoms with E-state index < -0.39 is 42.0 Å². The molecule has 8 nitrogen and oxygen atoms in total. The minimum absolute atomic E-state index is 0.0494. The van der Waals surface area contributed by atoms with Crippen LogP contribution in [0.1, 0.15) is 16.8 Å². The van der Waals surface area contributed by atoms with Gasteiger partial charge in [0, 0.05) is 18.7 Å². The van der Waals surface area contributed by atoms with E-state index in [1.54, 1.807) is 0 Å². The van der Waals surface area contributed by atoms with Crippen LogP contribution in [0.15, 0.2) is 59.7 Å². The van der Waals surface area contributed by atoms with Gasteiger partial charge >= 0.3 is 5.92 Å². The molecular weight excluding hydrogens is 444 g/mol. The Labute approximate surface area is 187 Å². The molecule has 168 valence electrons. The maximum absolute atomic E-state index is 14.4. The molecule has 3 rings (SSSR count). The van der Waals surface area contributed by atoms with Gasteiger partial charge in [0.05, 0.1) is 12.7 Å². The lowest BCUT2D eigenvalue weighted by Gasteiger charge is -2.17. The van der Waals surface area contributed by atoms with Crippen molar-refractivity contribution in [3.63, 3.8) is 0 Å². The summed E-state index contributed by atoms with van der Waals surface area (Å²) in [5.74, 6) is -4.49. The van der Waals surface area contributed by atoms with Crippen molar-refractivity contribution < 1.29 is 18.3 Å². The summed E-state index contributed by atoms with van der Waals surface area (Å²) in [4.78, 5) is 28.7. The quantitative estimate of drug-likeness (QED) is 0.394. The Kier molecular flexibility index (Phi) is 7.04. The van der Waals surface area contributed by atoms with Gasteiger partial charge in [-0.15, -0.1) is 0 Å². The minimum atomic E-state index is -3.58. The Morgan fingerprint density at radius 2 is 2.06 bits per heavy atom. The Morgan fingerprint density at radius 1 is 1.28 bits per heavy atom. The number of pyridine rings is 1. The molecule has 0 fully saturated rings. The van der Waals surface area contributed by atoms with E-state index in [-0.39, 0.29) is 16.4 Å². The number of carbonyl (C=O) groups excluding carboxylic acids is 1. The molecule has 11 heteroatoms. The van der Waals surface area contributed by atoms with Crippen molar-refractivity contribution in [2.24, 2.45) is 0 Å². The molecule has 0 saturated heterocycles. The number of alkyl halides is 2. The first kappa shape index (κ1) is 23.1. The number of halogens is 3. The maximum Gasteiger partial charge on any atom is 0.347 e. The zero-order valence-electron chi connectivity index (χ0n) is 17.0. The van der Waals surface area contributed by atoms with Gasteiger partial charge in [0.15, 0.2) is 12.0 Å². The number of hydrogen-bond acceptors (Lipinski definition) is 5. The van der Waals surface area contributed by atoms with Crippen molar-refractivity contribution in [1.82, 2.24) is 14.9 Å². The highest BCUT2D eigenvalue weighted by atomic mass is 35.5. The molecule has 0 spiro atoms. The molecule has 0 saturated carbocycles. The van der Waals surface area contributed by atoms with Crippen molar-refractivity contribution in [2.75, 3.05) is 11.9 Å². The van der Waals surface area contributed by atoms with Crippen LogP contribution in [0.4, 0.5) is 14.6 Å². The van der Waals surface area contributed by atoms with Crippen LogP contribution < -0.4 is 20.9 Å². The molecule has 1 aromatic carbocycles. The molecule has 0 aliphatic carbocycles. The molecule has 0 aliphatic rings. The van der Waals surface area contributed by atoms with E-state index in [1.807, 2.05) is 31.2 Å². The second kappa shape index (κ2) is 9.73. The van der Waals surface area contributed by atoms with Gasteiger partial charge in [-0.25, -0.2) is 4.98 Å². The number of anilines is 1. The fraction of sp³-hybridized carbons (Fsp3) is 0.238. The van der Waals surface area contributed by atoms with E-state index in [4.69, 9.17) is 11.6 Å². The number of carbonyl (C=O) groups is 1. The predicted octanol–water partition coefficient (Wildman–Crippen LogP) is 2.36. The van der Waals surface area contributed by atoms with Gasteiger partial charge in [-0.1, -0.05) is 41.4 Å². The summed E-state index contributed by atoms with van der Waals surface area (Å²) in [6.45, 7) is 0.703. The molecule has 3 aromatic rings. The van der Waals surface area contributed by atoms with Crippen LogP contribution in [0.2, 0.25) is 5.15 Å². The van der Waals surface area contributed by atoms with Crippen LogP contribution in [0, 0.1) is 12.1 Å². The Hall–Kier alpha value is -3.53. The number of benzene rings is 1. The summed E-state index contributed by atoms with van der Waals surface area (Å²) < 4.78 is 29.8. The summed E-state index contributed by atoms with van der Waals surface area (Å²) in [6.07, 6.45) is 2.03. The lowest BCUT2D eigenvalue weighted by molar-refractivity contribution is -0.624. The standard InChI is InChI=1S/C21H20ClF2N5O3/c1-14-5-4-6-15(9-14)10-25-18(30)12-28-17(22)11-26-19(20(28)31)27-13-21(23,24)16-7-2-3-8-29(16)32/h2-9,11H,10,12-13H2,1H3,(H,25,30)(H,26,27). The molecule has 0 aliphatic heterocycles. The van der Waals surface area contributed by atoms with E-state index >= 15 is 0 Å². The summed E-state index contributed by atoms with van der Waals surface area (Å²) in [6, 6.07) is 11.2. The molecule has 0 radical (unpaired) electrons. The molecule has 0 atom stereocenters. The second-order valence-corrected chi connectivity index (χ2v) is 7.44. The first-order chi connectivity index (χ1) is 15.2. The molecule has 32 heavy (non-hydrogen) atoms. The molecule has 2 N–H and O–H groups in total. The second-order valence-electron chi connectivity index (χ2n) is 7.06. The number of rotatable bonds is 8. The van der Waals surface area contributed by atoms with Crippen LogP contribution in [0.5, 0.6) is 0 Å². The Morgan fingerprint density at radius 3 is 2.78 bits per heavy atom. The van der Waals surface area contributed by atoms with Gasteiger partial charge < -0.3 is 15.8 Å². The highest BCUT2D eigenvalue weighted by Gasteiger charge is 2.39. The number of nitrogens with zero attached hydrogens (tertiary/aromatic N) is 3. The first-order valence-electron chi connectivity index (χ1n) is 9.55. The fourth-order valence-corrected chi connectivity index (χ4v) is 3.14. The third kappa shape index (κ3) is 5.58. The van der Waals surface area contributed by atoms with Gasteiger partial charge in [0.2, 0.25) is 5.91 Å². The minimum Gasteiger partial charge on any atom is -0.618 e. The largest absolute Gasteiger partial charge is 0.618 e. The number of aromatic nitrogens is 3. The van der Waals surface area contributed by atoms with Crippen molar-refractivity contribution in [1.29, 1.82) is 0 Å². The van der Waals surface area contributed by atoms with Gasteiger partial charge in [-0.05, 0) is 18.6 Å². The highest BCUT2D eigenvalue weighted by Crippen LogP contribution is 2.25. The molecule has 0 bridgehead atoms. The number of hydrogen-bond donors (Lipinski definition) is 2. The molecular formula is C21H20ClF2N5O3. The molecule has 2 heterocycles. The average molecular weight is 464 g/mol. The zero-order valence-corrected chi connectivity index (χ0v) is 17.8. The van der Waals surface area contributed by atoms with Crippen LogP contribution in [0.3, 0.4) is 0 Å². The lowest BCUT2D eigenvalue weighted by Crippen LogP contribution is -2.41.